The van der Waals surface area contributed by atoms with Gasteiger partial charge in [-0.3, -0.25) is 0 Å². The zero-order valence-corrected chi connectivity index (χ0v) is 10.6. The molecule has 0 aliphatic heterocycles. The summed E-state index contributed by atoms with van der Waals surface area (Å²) in [5.74, 6) is -0.814. The first kappa shape index (κ1) is 13.8. The molecule has 1 aromatic heterocycles. The minimum absolute atomic E-state index is 0.0199. The summed E-state index contributed by atoms with van der Waals surface area (Å²) in [5, 5.41) is 0.0775. The van der Waals surface area contributed by atoms with Gasteiger partial charge in [0.15, 0.2) is 0 Å². The number of halogens is 3. The largest absolute Gasteiger partial charge is 0.462 e. The number of ether oxygens (including phenoxy) is 1. The summed E-state index contributed by atoms with van der Waals surface area (Å²) in [6, 6.07) is 1.24. The normalized spacial score (nSPS) is 10.6. The van der Waals surface area contributed by atoms with E-state index in [9.17, 15) is 13.6 Å². The highest BCUT2D eigenvalue weighted by molar-refractivity contribution is 9.08. The molecule has 2 N–H and O–H groups in total. The predicted octanol–water partition coefficient (Wildman–Crippen LogP) is 2.67. The second-order valence-corrected chi connectivity index (χ2v) is 3.67. The fourth-order valence-corrected chi connectivity index (χ4v) is 1.91. The van der Waals surface area contributed by atoms with Crippen molar-refractivity contribution in [1.29, 1.82) is 0 Å². The maximum absolute atomic E-state index is 12.7. The Morgan fingerprint density at radius 2 is 2.29 bits per heavy atom. The van der Waals surface area contributed by atoms with E-state index >= 15 is 0 Å². The van der Waals surface area contributed by atoms with E-state index in [4.69, 9.17) is 10.5 Å². The number of alkyl halides is 3. The molecule has 4 nitrogen and oxygen atoms in total. The fourth-order valence-electron chi connectivity index (χ4n) is 1.32. The smallest absolute Gasteiger partial charge is 0.338 e. The molecule has 0 aromatic carbocycles. The van der Waals surface area contributed by atoms with Gasteiger partial charge in [0, 0.05) is 10.9 Å². The molecule has 94 valence electrons. The molecule has 17 heavy (non-hydrogen) atoms. The molecule has 0 amide bonds. The number of pyridine rings is 1. The highest BCUT2D eigenvalue weighted by Gasteiger charge is 2.22. The summed E-state index contributed by atoms with van der Waals surface area (Å²) < 4.78 is 30.2. The van der Waals surface area contributed by atoms with Gasteiger partial charge >= 0.3 is 5.97 Å². The molecule has 1 heterocycles. The molecular formula is C10H11BrF2N2O2. The Bertz CT molecular complexity index is 427. The maximum Gasteiger partial charge on any atom is 0.338 e. The molecule has 0 aliphatic carbocycles. The number of carbonyl (C=O) groups excluding carboxylic acids is 1. The van der Waals surface area contributed by atoms with Crippen LogP contribution in [0, 0.1) is 0 Å². The van der Waals surface area contributed by atoms with Gasteiger partial charge in [0.05, 0.1) is 12.2 Å². The third kappa shape index (κ3) is 3.12. The number of nitrogen functional groups attached to an aromatic ring is 1. The molecule has 0 bridgehead atoms. The van der Waals surface area contributed by atoms with Crippen molar-refractivity contribution in [2.75, 3.05) is 12.3 Å². The highest BCUT2D eigenvalue weighted by atomic mass is 79.9. The summed E-state index contributed by atoms with van der Waals surface area (Å²) in [6.07, 6.45) is -2.79. The minimum atomic E-state index is -2.79. The van der Waals surface area contributed by atoms with Crippen molar-refractivity contribution in [1.82, 2.24) is 4.98 Å². The number of hydrogen-bond donors (Lipinski definition) is 1. The predicted molar refractivity (Wildman–Crippen MR) is 62.2 cm³/mol. The molecule has 7 heteroatoms. The number of carbonyl (C=O) groups is 1. The number of nitrogens with zero attached hydrogens (tertiary/aromatic N) is 1. The van der Waals surface area contributed by atoms with Gasteiger partial charge in [-0.15, -0.1) is 0 Å². The van der Waals surface area contributed by atoms with Crippen LogP contribution in [0.4, 0.5) is 14.6 Å². The molecule has 0 saturated heterocycles. The molecule has 0 atom stereocenters. The first-order valence-corrected chi connectivity index (χ1v) is 5.93. The van der Waals surface area contributed by atoms with Gasteiger partial charge in [-0.05, 0) is 13.0 Å². The Hall–Kier alpha value is -1.24. The van der Waals surface area contributed by atoms with Crippen molar-refractivity contribution < 1.29 is 18.3 Å². The number of esters is 1. The van der Waals surface area contributed by atoms with Gasteiger partial charge in [-0.1, -0.05) is 15.9 Å². The van der Waals surface area contributed by atoms with Crippen LogP contribution >= 0.6 is 15.9 Å². The lowest BCUT2D eigenvalue weighted by molar-refractivity contribution is 0.0524. The van der Waals surface area contributed by atoms with Crippen molar-refractivity contribution >= 4 is 27.7 Å². The fraction of sp³-hybridized carbons (Fsp3) is 0.400. The first-order chi connectivity index (χ1) is 8.01. The second kappa shape index (κ2) is 5.90. The van der Waals surface area contributed by atoms with E-state index in [2.05, 4.69) is 20.9 Å². The Balaban J connectivity index is 3.32. The van der Waals surface area contributed by atoms with Gasteiger partial charge in [0.25, 0.3) is 6.43 Å². The van der Waals surface area contributed by atoms with Crippen LogP contribution in [0.15, 0.2) is 6.07 Å². The van der Waals surface area contributed by atoms with Crippen LogP contribution in [0.25, 0.3) is 0 Å². The molecule has 0 aliphatic rings. The van der Waals surface area contributed by atoms with Crippen LogP contribution in [0.3, 0.4) is 0 Å². The molecule has 0 saturated carbocycles. The van der Waals surface area contributed by atoms with Crippen molar-refractivity contribution in [2.45, 2.75) is 18.7 Å². The quantitative estimate of drug-likeness (QED) is 0.686. The van der Waals surface area contributed by atoms with Crippen molar-refractivity contribution in [2.24, 2.45) is 0 Å². The monoisotopic (exact) mass is 308 g/mol. The molecule has 1 rings (SSSR count). The van der Waals surface area contributed by atoms with E-state index in [1.165, 1.54) is 6.07 Å². The zero-order chi connectivity index (χ0) is 13.0. The molecule has 0 radical (unpaired) electrons. The molecule has 0 spiro atoms. The van der Waals surface area contributed by atoms with E-state index in [0.29, 0.717) is 0 Å². The zero-order valence-electron chi connectivity index (χ0n) is 9.04. The number of hydrogen-bond acceptors (Lipinski definition) is 4. The van der Waals surface area contributed by atoms with E-state index in [1.54, 1.807) is 6.92 Å². The van der Waals surface area contributed by atoms with Crippen LogP contribution in [0.2, 0.25) is 0 Å². The Kier molecular flexibility index (Phi) is 4.80. The summed E-state index contributed by atoms with van der Waals surface area (Å²) in [6.45, 7) is 1.79. The van der Waals surface area contributed by atoms with Gasteiger partial charge in [0.2, 0.25) is 0 Å². The maximum atomic E-state index is 12.7. The molecule has 0 fully saturated rings. The van der Waals surface area contributed by atoms with E-state index in [0.717, 1.165) is 0 Å². The van der Waals surface area contributed by atoms with Gasteiger partial charge in [0.1, 0.15) is 11.5 Å². The summed E-state index contributed by atoms with van der Waals surface area (Å²) in [5.41, 5.74) is 5.02. The van der Waals surface area contributed by atoms with Crippen LogP contribution in [-0.2, 0) is 10.1 Å². The van der Waals surface area contributed by atoms with Gasteiger partial charge in [-0.25, -0.2) is 18.6 Å². The van der Waals surface area contributed by atoms with Crippen LogP contribution in [0.5, 0.6) is 0 Å². The number of nitrogens with two attached hydrogens (primary N) is 1. The van der Waals surface area contributed by atoms with Crippen molar-refractivity contribution in [3.8, 4) is 0 Å². The number of rotatable bonds is 4. The Morgan fingerprint density at radius 3 is 2.76 bits per heavy atom. The lowest BCUT2D eigenvalue weighted by Crippen LogP contribution is -2.12. The third-order valence-electron chi connectivity index (χ3n) is 2.01. The average Bonchev–Trinajstić information content (AvgIpc) is 2.28. The SMILES string of the molecule is CCOC(=O)c1cc(N)nc(C(F)F)c1CBr. The lowest BCUT2D eigenvalue weighted by atomic mass is 10.1. The van der Waals surface area contributed by atoms with Crippen LogP contribution in [0.1, 0.15) is 35.0 Å². The van der Waals surface area contributed by atoms with E-state index < -0.39 is 18.1 Å². The molecule has 0 unspecified atom stereocenters. The Morgan fingerprint density at radius 1 is 1.65 bits per heavy atom. The Labute approximate surface area is 105 Å². The lowest BCUT2D eigenvalue weighted by Gasteiger charge is -2.11. The molecule has 1 aromatic rings. The summed E-state index contributed by atoms with van der Waals surface area (Å²) in [4.78, 5) is 15.1. The van der Waals surface area contributed by atoms with Crippen LogP contribution < -0.4 is 5.73 Å². The first-order valence-electron chi connectivity index (χ1n) is 4.81. The second-order valence-electron chi connectivity index (χ2n) is 3.11. The third-order valence-corrected chi connectivity index (χ3v) is 2.57. The topological polar surface area (TPSA) is 65.2 Å². The summed E-state index contributed by atoms with van der Waals surface area (Å²) >= 11 is 3.05. The van der Waals surface area contributed by atoms with Crippen LogP contribution in [-0.4, -0.2) is 17.6 Å². The highest BCUT2D eigenvalue weighted by Crippen LogP contribution is 2.27. The van der Waals surface area contributed by atoms with Crippen molar-refractivity contribution in [3.05, 3.63) is 22.9 Å². The van der Waals surface area contributed by atoms with E-state index in [-0.39, 0.29) is 28.9 Å². The number of aromatic nitrogens is 1. The number of anilines is 1. The average molecular weight is 309 g/mol. The summed E-state index contributed by atoms with van der Waals surface area (Å²) in [7, 11) is 0. The minimum Gasteiger partial charge on any atom is -0.462 e. The van der Waals surface area contributed by atoms with Gasteiger partial charge in [-0.2, -0.15) is 0 Å². The van der Waals surface area contributed by atoms with E-state index in [1.807, 2.05) is 0 Å². The van der Waals surface area contributed by atoms with Crippen molar-refractivity contribution in [3.63, 3.8) is 0 Å². The molecular weight excluding hydrogens is 298 g/mol. The van der Waals surface area contributed by atoms with Gasteiger partial charge < -0.3 is 10.5 Å². The standard InChI is InChI=1S/C10H11BrF2N2O2/c1-2-17-10(16)5-3-7(14)15-8(9(12)13)6(5)4-11/h3,9H,2,4H2,1H3,(H2,14,15).